The van der Waals surface area contributed by atoms with Crippen LogP contribution in [-0.4, -0.2) is 97.2 Å². The molecule has 0 aliphatic carbocycles. The largest absolute Gasteiger partial charge is 0.465 e. The molecule has 3 aliphatic heterocycles. The van der Waals surface area contributed by atoms with E-state index in [0.717, 1.165) is 31.7 Å². The molecule has 2 saturated heterocycles. The second-order valence-electron chi connectivity index (χ2n) is 9.32. The van der Waals surface area contributed by atoms with Crippen LogP contribution in [0, 0.1) is 0 Å². The second-order valence-corrected chi connectivity index (χ2v) is 9.32. The number of nitrogens with zero attached hydrogens (tertiary/aromatic N) is 7. The first kappa shape index (κ1) is 26.4. The molecule has 3 aromatic rings. The molecule has 3 aliphatic rings. The number of rotatable bonds is 4. The highest BCUT2D eigenvalue weighted by Gasteiger charge is 2.31. The number of morpholine rings is 1. The minimum absolute atomic E-state index is 0.176. The van der Waals surface area contributed by atoms with Crippen molar-refractivity contribution in [3.05, 3.63) is 42.2 Å². The van der Waals surface area contributed by atoms with Crippen molar-refractivity contribution in [1.82, 2.24) is 25.3 Å². The van der Waals surface area contributed by atoms with Gasteiger partial charge in [-0.05, 0) is 30.7 Å². The lowest BCUT2D eigenvalue weighted by Gasteiger charge is -2.29. The van der Waals surface area contributed by atoms with Crippen LogP contribution >= 0.6 is 0 Å². The van der Waals surface area contributed by atoms with Gasteiger partial charge in [0.05, 0.1) is 18.9 Å². The van der Waals surface area contributed by atoms with Crippen molar-refractivity contribution in [1.29, 1.82) is 0 Å². The number of hydrogen-bond donors (Lipinski definition) is 4. The van der Waals surface area contributed by atoms with Gasteiger partial charge in [0.25, 0.3) is 0 Å². The van der Waals surface area contributed by atoms with E-state index >= 15 is 0 Å². The summed E-state index contributed by atoms with van der Waals surface area (Å²) in [4.78, 5) is 34.4. The minimum atomic E-state index is -1.02. The SMILES string of the molecule is CNc1ccc(N2CCNCC2)cc1.Nc1ncc(-c2nc(N3CCOCC3)nc3c2CCN3C(=O)O)cn1. The van der Waals surface area contributed by atoms with Crippen LogP contribution in [0.5, 0.6) is 0 Å². The molecule has 0 bridgehead atoms. The molecular formula is C26H34N10O3. The van der Waals surface area contributed by atoms with Gasteiger partial charge in [-0.3, -0.25) is 4.90 Å². The Morgan fingerprint density at radius 3 is 2.33 bits per heavy atom. The van der Waals surface area contributed by atoms with Gasteiger partial charge in [-0.15, -0.1) is 0 Å². The Labute approximate surface area is 227 Å². The predicted octanol–water partition coefficient (Wildman–Crippen LogP) is 1.53. The van der Waals surface area contributed by atoms with Gasteiger partial charge >= 0.3 is 6.09 Å². The lowest BCUT2D eigenvalue weighted by molar-refractivity contribution is 0.122. The number of nitrogen functional groups attached to an aromatic ring is 1. The van der Waals surface area contributed by atoms with Crippen LogP contribution in [0.15, 0.2) is 36.7 Å². The van der Waals surface area contributed by atoms with E-state index in [1.165, 1.54) is 16.3 Å². The van der Waals surface area contributed by atoms with E-state index in [4.69, 9.17) is 10.5 Å². The molecule has 206 valence electrons. The van der Waals surface area contributed by atoms with Crippen molar-refractivity contribution in [2.75, 3.05) is 91.8 Å². The quantitative estimate of drug-likeness (QED) is 0.383. The number of ether oxygens (including phenoxy) is 1. The summed E-state index contributed by atoms with van der Waals surface area (Å²) < 4.78 is 5.37. The molecule has 0 atom stereocenters. The van der Waals surface area contributed by atoms with E-state index in [1.54, 1.807) is 12.4 Å². The number of carbonyl (C=O) groups is 1. The van der Waals surface area contributed by atoms with E-state index in [2.05, 4.69) is 59.7 Å². The highest BCUT2D eigenvalue weighted by Crippen LogP contribution is 2.35. The maximum Gasteiger partial charge on any atom is 0.413 e. The third kappa shape index (κ3) is 6.10. The Hall–Kier alpha value is -4.23. The van der Waals surface area contributed by atoms with Gasteiger partial charge in [-0.2, -0.15) is 4.98 Å². The summed E-state index contributed by atoms with van der Waals surface area (Å²) in [5.41, 5.74) is 10.2. The summed E-state index contributed by atoms with van der Waals surface area (Å²) in [6.45, 7) is 7.24. The third-order valence-electron chi connectivity index (χ3n) is 6.92. The van der Waals surface area contributed by atoms with Gasteiger partial charge in [0.15, 0.2) is 0 Å². The van der Waals surface area contributed by atoms with E-state index in [0.29, 0.717) is 62.3 Å². The summed E-state index contributed by atoms with van der Waals surface area (Å²) in [5.74, 6) is 1.09. The van der Waals surface area contributed by atoms with Crippen LogP contribution in [0.25, 0.3) is 11.3 Å². The van der Waals surface area contributed by atoms with E-state index in [-0.39, 0.29) is 5.95 Å². The average molecular weight is 535 g/mol. The molecule has 0 spiro atoms. The van der Waals surface area contributed by atoms with Crippen molar-refractivity contribution >= 4 is 35.2 Å². The maximum absolute atomic E-state index is 11.5. The predicted molar refractivity (Wildman–Crippen MR) is 151 cm³/mol. The smallest absolute Gasteiger partial charge is 0.413 e. The van der Waals surface area contributed by atoms with Gasteiger partial charge in [-0.1, -0.05) is 0 Å². The molecule has 1 amide bonds. The van der Waals surface area contributed by atoms with E-state index < -0.39 is 6.09 Å². The fourth-order valence-electron chi connectivity index (χ4n) is 4.80. The monoisotopic (exact) mass is 534 g/mol. The fraction of sp³-hybridized carbons (Fsp3) is 0.423. The number of fused-ring (bicyclic) bond motifs is 1. The minimum Gasteiger partial charge on any atom is -0.465 e. The molecule has 5 N–H and O–H groups in total. The van der Waals surface area contributed by atoms with Crippen molar-refractivity contribution in [2.24, 2.45) is 0 Å². The lowest BCUT2D eigenvalue weighted by atomic mass is 10.1. The first-order valence-electron chi connectivity index (χ1n) is 13.1. The molecule has 2 fully saturated rings. The Morgan fingerprint density at radius 1 is 1.00 bits per heavy atom. The number of aromatic nitrogens is 4. The Bertz CT molecular complexity index is 1260. The molecule has 1 aromatic carbocycles. The maximum atomic E-state index is 11.5. The standard InChI is InChI=1S/C15H17N7O3.C11H17N3/c16-13-17-7-9(8-18-13)11-10-1-2-22(15(23)24)12(10)20-14(19-11)21-3-5-25-6-4-21;1-12-10-2-4-11(5-3-10)14-8-6-13-7-9-14/h7-8H,1-6H2,(H,23,24)(H2,16,17,18);2-5,12-13H,6-9H2,1H3. The van der Waals surface area contributed by atoms with Crippen LogP contribution in [0.3, 0.4) is 0 Å². The van der Waals surface area contributed by atoms with E-state index in [1.807, 2.05) is 11.9 Å². The number of carboxylic acid groups (broad SMARTS) is 1. The number of anilines is 5. The Kier molecular flexibility index (Phi) is 8.18. The molecule has 39 heavy (non-hydrogen) atoms. The summed E-state index contributed by atoms with van der Waals surface area (Å²) in [5, 5.41) is 15.9. The first-order chi connectivity index (χ1) is 19.0. The first-order valence-corrected chi connectivity index (χ1v) is 13.1. The van der Waals surface area contributed by atoms with Gasteiger partial charge in [0, 0.05) is 87.8 Å². The molecule has 0 radical (unpaired) electrons. The molecule has 13 nitrogen and oxygen atoms in total. The molecular weight excluding hydrogens is 500 g/mol. The molecule has 5 heterocycles. The van der Waals surface area contributed by atoms with Crippen LogP contribution in [-0.2, 0) is 11.2 Å². The molecule has 2 aromatic heterocycles. The van der Waals surface area contributed by atoms with Gasteiger partial charge in [0.1, 0.15) is 5.82 Å². The zero-order chi connectivity index (χ0) is 27.2. The van der Waals surface area contributed by atoms with Gasteiger partial charge in [0.2, 0.25) is 11.9 Å². The highest BCUT2D eigenvalue weighted by molar-refractivity contribution is 5.89. The zero-order valence-corrected chi connectivity index (χ0v) is 22.0. The summed E-state index contributed by atoms with van der Waals surface area (Å²) in [6.07, 6.45) is 2.71. The van der Waals surface area contributed by atoms with Crippen LogP contribution in [0.1, 0.15) is 5.56 Å². The molecule has 13 heteroatoms. The van der Waals surface area contributed by atoms with Crippen molar-refractivity contribution in [2.45, 2.75) is 6.42 Å². The van der Waals surface area contributed by atoms with Crippen LogP contribution in [0.4, 0.5) is 33.9 Å². The van der Waals surface area contributed by atoms with E-state index in [9.17, 15) is 9.90 Å². The number of nitrogens with two attached hydrogens (primary N) is 1. The molecule has 0 unspecified atom stereocenters. The van der Waals surface area contributed by atoms with Gasteiger partial charge in [-0.25, -0.2) is 19.7 Å². The number of nitrogens with one attached hydrogen (secondary N) is 2. The molecule has 6 rings (SSSR count). The molecule has 0 saturated carbocycles. The average Bonchev–Trinajstić information content (AvgIpc) is 3.43. The number of piperazine rings is 1. The Morgan fingerprint density at radius 2 is 1.69 bits per heavy atom. The van der Waals surface area contributed by atoms with Crippen LogP contribution in [0.2, 0.25) is 0 Å². The second kappa shape index (κ2) is 12.1. The van der Waals surface area contributed by atoms with Gasteiger partial charge < -0.3 is 36.0 Å². The Balaban J connectivity index is 0.000000186. The number of hydrogen-bond acceptors (Lipinski definition) is 11. The normalized spacial score (nSPS) is 16.8. The van der Waals surface area contributed by atoms with Crippen molar-refractivity contribution in [3.8, 4) is 11.3 Å². The summed E-state index contributed by atoms with van der Waals surface area (Å²) >= 11 is 0. The number of amides is 1. The zero-order valence-electron chi connectivity index (χ0n) is 22.0. The summed E-state index contributed by atoms with van der Waals surface area (Å²) in [6, 6.07) is 8.60. The lowest BCUT2D eigenvalue weighted by Crippen LogP contribution is -2.43. The third-order valence-corrected chi connectivity index (χ3v) is 6.92. The number of benzene rings is 1. The summed E-state index contributed by atoms with van der Waals surface area (Å²) in [7, 11) is 1.94. The topological polar surface area (TPSA) is 158 Å². The van der Waals surface area contributed by atoms with Crippen molar-refractivity contribution < 1.29 is 14.6 Å². The highest BCUT2D eigenvalue weighted by atomic mass is 16.5. The fourth-order valence-corrected chi connectivity index (χ4v) is 4.80. The van der Waals surface area contributed by atoms with Crippen LogP contribution < -0.4 is 31.1 Å². The van der Waals surface area contributed by atoms with Crippen molar-refractivity contribution in [3.63, 3.8) is 0 Å².